The molecule has 1 unspecified atom stereocenters. The third-order valence-electron chi connectivity index (χ3n) is 6.57. The number of anilines is 1. The van der Waals surface area contributed by atoms with Crippen LogP contribution >= 0.6 is 0 Å². The van der Waals surface area contributed by atoms with Gasteiger partial charge in [-0.3, -0.25) is 9.52 Å². The molecule has 1 atom stereocenters. The fourth-order valence-electron chi connectivity index (χ4n) is 4.44. The first-order valence-corrected chi connectivity index (χ1v) is 13.0. The zero-order valence-electron chi connectivity index (χ0n) is 20.4. The van der Waals surface area contributed by atoms with Gasteiger partial charge in [-0.2, -0.15) is 0 Å². The van der Waals surface area contributed by atoms with Gasteiger partial charge < -0.3 is 14.4 Å². The summed E-state index contributed by atoms with van der Waals surface area (Å²) in [7, 11) is -0.576. The van der Waals surface area contributed by atoms with E-state index < -0.39 is 10.0 Å². The van der Waals surface area contributed by atoms with E-state index in [9.17, 15) is 13.2 Å². The second-order valence-electron chi connectivity index (χ2n) is 8.64. The maximum Gasteiger partial charge on any atom is 0.261 e. The summed E-state index contributed by atoms with van der Waals surface area (Å²) in [6.45, 7) is 4.41. The van der Waals surface area contributed by atoms with Crippen molar-refractivity contribution in [3.8, 4) is 11.5 Å². The zero-order chi connectivity index (χ0) is 25.2. The highest BCUT2D eigenvalue weighted by molar-refractivity contribution is 7.92. The van der Waals surface area contributed by atoms with Gasteiger partial charge in [0, 0.05) is 17.7 Å². The first kappa shape index (κ1) is 24.6. The van der Waals surface area contributed by atoms with Crippen molar-refractivity contribution in [2.75, 3.05) is 25.5 Å². The molecule has 1 fully saturated rings. The lowest BCUT2D eigenvalue weighted by Gasteiger charge is -2.27. The van der Waals surface area contributed by atoms with E-state index in [1.165, 1.54) is 12.1 Å². The molecule has 0 aliphatic carbocycles. The molecular weight excluding hydrogens is 464 g/mol. The van der Waals surface area contributed by atoms with Gasteiger partial charge in [0.2, 0.25) is 0 Å². The van der Waals surface area contributed by atoms with Crippen molar-refractivity contribution in [2.24, 2.45) is 0 Å². The minimum absolute atomic E-state index is 0.0994. The SMILES string of the molecule is COc1ccc(OC)c(C2CCCN2C(=O)c2ccc(S(=O)(=O)Nc3cccc(C)c3C)cc2)c1. The molecule has 184 valence electrons. The maximum absolute atomic E-state index is 13.4. The van der Waals surface area contributed by atoms with Gasteiger partial charge in [-0.05, 0) is 86.3 Å². The Balaban J connectivity index is 1.56. The third-order valence-corrected chi connectivity index (χ3v) is 7.95. The van der Waals surface area contributed by atoms with Gasteiger partial charge >= 0.3 is 0 Å². The first-order valence-electron chi connectivity index (χ1n) is 11.5. The lowest BCUT2D eigenvalue weighted by molar-refractivity contribution is 0.0734. The van der Waals surface area contributed by atoms with Crippen LogP contribution in [0.1, 0.15) is 45.9 Å². The molecule has 1 heterocycles. The second kappa shape index (κ2) is 10.00. The number of benzene rings is 3. The van der Waals surface area contributed by atoms with Crippen LogP contribution in [0, 0.1) is 13.8 Å². The molecule has 1 amide bonds. The van der Waals surface area contributed by atoms with Gasteiger partial charge in [-0.15, -0.1) is 0 Å². The summed E-state index contributed by atoms with van der Waals surface area (Å²) >= 11 is 0. The highest BCUT2D eigenvalue weighted by Crippen LogP contribution is 2.39. The molecule has 0 aromatic heterocycles. The molecule has 0 bridgehead atoms. The van der Waals surface area contributed by atoms with Gasteiger partial charge in [0.15, 0.2) is 0 Å². The quantitative estimate of drug-likeness (QED) is 0.494. The van der Waals surface area contributed by atoms with Gasteiger partial charge in [0.25, 0.3) is 15.9 Å². The van der Waals surface area contributed by atoms with E-state index in [1.807, 2.05) is 49.1 Å². The maximum atomic E-state index is 13.4. The van der Waals surface area contributed by atoms with E-state index in [4.69, 9.17) is 9.47 Å². The number of carbonyl (C=O) groups excluding carboxylic acids is 1. The number of methoxy groups -OCH3 is 2. The molecule has 3 aromatic carbocycles. The predicted molar refractivity (Wildman–Crippen MR) is 136 cm³/mol. The van der Waals surface area contributed by atoms with Gasteiger partial charge in [-0.1, -0.05) is 12.1 Å². The Bertz CT molecular complexity index is 1340. The zero-order valence-corrected chi connectivity index (χ0v) is 21.2. The van der Waals surface area contributed by atoms with E-state index in [2.05, 4.69) is 4.72 Å². The van der Waals surface area contributed by atoms with Crippen molar-refractivity contribution in [3.63, 3.8) is 0 Å². The van der Waals surface area contributed by atoms with Crippen LogP contribution in [0.2, 0.25) is 0 Å². The molecule has 1 aliphatic heterocycles. The normalized spacial score (nSPS) is 15.7. The summed E-state index contributed by atoms with van der Waals surface area (Å²) in [5.74, 6) is 1.25. The number of likely N-dealkylation sites (tertiary alicyclic amines) is 1. The number of nitrogens with one attached hydrogen (secondary N) is 1. The molecule has 3 aromatic rings. The Kier molecular flexibility index (Phi) is 7.03. The summed E-state index contributed by atoms with van der Waals surface area (Å²) in [5.41, 5.74) is 3.74. The fraction of sp³-hybridized carbons (Fsp3) is 0.296. The molecule has 1 N–H and O–H groups in total. The molecule has 8 heteroatoms. The standard InChI is InChI=1S/C27H30N2O5S/c1-18-7-5-8-24(19(18)2)28-35(31,32)22-13-10-20(11-14-22)27(30)29-16-6-9-25(29)23-17-21(33-3)12-15-26(23)34-4/h5,7-8,10-15,17,25,28H,6,9,16H2,1-4H3. The first-order chi connectivity index (χ1) is 16.7. The van der Waals surface area contributed by atoms with Crippen LogP contribution in [0.15, 0.2) is 65.6 Å². The van der Waals surface area contributed by atoms with E-state index in [0.29, 0.717) is 29.3 Å². The van der Waals surface area contributed by atoms with Crippen molar-refractivity contribution in [1.82, 2.24) is 4.90 Å². The summed E-state index contributed by atoms with van der Waals surface area (Å²) in [6.07, 6.45) is 1.67. The molecule has 0 radical (unpaired) electrons. The second-order valence-corrected chi connectivity index (χ2v) is 10.3. The number of rotatable bonds is 7. The molecule has 7 nitrogen and oxygen atoms in total. The number of hydrogen-bond donors (Lipinski definition) is 1. The Morgan fingerprint density at radius 2 is 1.74 bits per heavy atom. The Hall–Kier alpha value is -3.52. The van der Waals surface area contributed by atoms with Crippen molar-refractivity contribution < 1.29 is 22.7 Å². The smallest absolute Gasteiger partial charge is 0.261 e. The van der Waals surface area contributed by atoms with Crippen LogP contribution in [-0.4, -0.2) is 40.0 Å². The average Bonchev–Trinajstić information content (AvgIpc) is 3.35. The Morgan fingerprint density at radius 3 is 2.43 bits per heavy atom. The van der Waals surface area contributed by atoms with Crippen LogP contribution in [0.25, 0.3) is 0 Å². The van der Waals surface area contributed by atoms with Crippen molar-refractivity contribution in [1.29, 1.82) is 0 Å². The third kappa shape index (κ3) is 4.98. The summed E-state index contributed by atoms with van der Waals surface area (Å²) in [5, 5.41) is 0. The Morgan fingerprint density at radius 1 is 1.00 bits per heavy atom. The van der Waals surface area contributed by atoms with Crippen LogP contribution in [0.3, 0.4) is 0 Å². The number of amides is 1. The number of ether oxygens (including phenoxy) is 2. The van der Waals surface area contributed by atoms with Crippen LogP contribution < -0.4 is 14.2 Å². The number of sulfonamides is 1. The van der Waals surface area contributed by atoms with Gasteiger partial charge in [0.05, 0.1) is 30.8 Å². The van der Waals surface area contributed by atoms with E-state index in [1.54, 1.807) is 32.4 Å². The molecule has 1 aliphatic rings. The highest BCUT2D eigenvalue weighted by Gasteiger charge is 2.33. The minimum atomic E-state index is -3.79. The van der Waals surface area contributed by atoms with Crippen molar-refractivity contribution >= 4 is 21.6 Å². The molecule has 0 spiro atoms. The fourth-order valence-corrected chi connectivity index (χ4v) is 5.56. The lowest BCUT2D eigenvalue weighted by atomic mass is 10.0. The van der Waals surface area contributed by atoms with E-state index >= 15 is 0 Å². The van der Waals surface area contributed by atoms with Crippen LogP contribution in [0.5, 0.6) is 11.5 Å². The summed E-state index contributed by atoms with van der Waals surface area (Å²) in [4.78, 5) is 15.3. The topological polar surface area (TPSA) is 84.9 Å². The molecule has 35 heavy (non-hydrogen) atoms. The average molecular weight is 495 g/mol. The van der Waals surface area contributed by atoms with E-state index in [0.717, 1.165) is 29.5 Å². The largest absolute Gasteiger partial charge is 0.497 e. The summed E-state index contributed by atoms with van der Waals surface area (Å²) in [6, 6.07) is 17.0. The molecule has 0 saturated carbocycles. The van der Waals surface area contributed by atoms with E-state index in [-0.39, 0.29) is 16.8 Å². The van der Waals surface area contributed by atoms with Crippen LogP contribution in [0.4, 0.5) is 5.69 Å². The van der Waals surface area contributed by atoms with Crippen molar-refractivity contribution in [2.45, 2.75) is 37.6 Å². The number of aryl methyl sites for hydroxylation is 1. The highest BCUT2D eigenvalue weighted by atomic mass is 32.2. The van der Waals surface area contributed by atoms with Gasteiger partial charge in [-0.25, -0.2) is 8.42 Å². The predicted octanol–water partition coefficient (Wildman–Crippen LogP) is 5.10. The summed E-state index contributed by atoms with van der Waals surface area (Å²) < 4.78 is 39.4. The monoisotopic (exact) mass is 494 g/mol. The van der Waals surface area contributed by atoms with Crippen molar-refractivity contribution in [3.05, 3.63) is 82.9 Å². The van der Waals surface area contributed by atoms with Gasteiger partial charge in [0.1, 0.15) is 11.5 Å². The molecule has 4 rings (SSSR count). The van der Waals surface area contributed by atoms with Crippen LogP contribution in [-0.2, 0) is 10.0 Å². The number of hydrogen-bond acceptors (Lipinski definition) is 5. The minimum Gasteiger partial charge on any atom is -0.497 e. The molecular formula is C27H30N2O5S. The lowest BCUT2D eigenvalue weighted by Crippen LogP contribution is -2.30. The Labute approximate surface area is 206 Å². The number of nitrogens with zero attached hydrogens (tertiary/aromatic N) is 1. The molecule has 1 saturated heterocycles. The number of carbonyl (C=O) groups is 1.